The lowest BCUT2D eigenvalue weighted by Gasteiger charge is -2.25. The maximum absolute atomic E-state index is 11.9. The Morgan fingerprint density at radius 1 is 1.50 bits per heavy atom. The molecule has 0 atom stereocenters. The average Bonchev–Trinajstić information content (AvgIpc) is 2.41. The first kappa shape index (κ1) is 14.8. The SMILES string of the molecule is Cc1ccc(NC(=O)CCN2CCCOC2=O)c(Br)c1. The van der Waals surface area contributed by atoms with Gasteiger partial charge in [0, 0.05) is 24.0 Å². The molecule has 2 amide bonds. The van der Waals surface area contributed by atoms with E-state index in [2.05, 4.69) is 21.2 Å². The van der Waals surface area contributed by atoms with Gasteiger partial charge in [-0.15, -0.1) is 0 Å². The second kappa shape index (κ2) is 6.74. The van der Waals surface area contributed by atoms with Gasteiger partial charge in [-0.3, -0.25) is 4.79 Å². The topological polar surface area (TPSA) is 58.6 Å². The molecule has 6 heteroatoms. The van der Waals surface area contributed by atoms with Crippen LogP contribution in [0.5, 0.6) is 0 Å². The first-order valence-corrected chi connectivity index (χ1v) is 7.33. The van der Waals surface area contributed by atoms with Gasteiger partial charge >= 0.3 is 6.09 Å². The Balaban J connectivity index is 1.84. The van der Waals surface area contributed by atoms with Crippen LogP contribution in [0.3, 0.4) is 0 Å². The van der Waals surface area contributed by atoms with Crippen LogP contribution in [0.1, 0.15) is 18.4 Å². The number of nitrogens with one attached hydrogen (secondary N) is 1. The molecule has 0 saturated carbocycles. The summed E-state index contributed by atoms with van der Waals surface area (Å²) < 4.78 is 5.77. The summed E-state index contributed by atoms with van der Waals surface area (Å²) in [6, 6.07) is 5.73. The fraction of sp³-hybridized carbons (Fsp3) is 0.429. The number of hydrogen-bond acceptors (Lipinski definition) is 3. The van der Waals surface area contributed by atoms with Crippen molar-refractivity contribution in [2.45, 2.75) is 19.8 Å². The number of hydrogen-bond donors (Lipinski definition) is 1. The van der Waals surface area contributed by atoms with E-state index in [1.807, 2.05) is 25.1 Å². The Labute approximate surface area is 126 Å². The van der Waals surface area contributed by atoms with Gasteiger partial charge in [0.25, 0.3) is 0 Å². The summed E-state index contributed by atoms with van der Waals surface area (Å²) in [5, 5.41) is 2.83. The molecule has 1 aliphatic rings. The van der Waals surface area contributed by atoms with Crippen molar-refractivity contribution in [3.8, 4) is 0 Å². The number of benzene rings is 1. The summed E-state index contributed by atoms with van der Waals surface area (Å²) in [6.45, 7) is 3.49. The van der Waals surface area contributed by atoms with E-state index in [1.54, 1.807) is 4.90 Å². The van der Waals surface area contributed by atoms with Gasteiger partial charge in [-0.25, -0.2) is 4.79 Å². The largest absolute Gasteiger partial charge is 0.449 e. The average molecular weight is 341 g/mol. The van der Waals surface area contributed by atoms with Crippen molar-refractivity contribution < 1.29 is 14.3 Å². The van der Waals surface area contributed by atoms with Crippen LogP contribution < -0.4 is 5.32 Å². The summed E-state index contributed by atoms with van der Waals surface area (Å²) in [6.07, 6.45) is 0.743. The third-order valence-corrected chi connectivity index (χ3v) is 3.72. The minimum Gasteiger partial charge on any atom is -0.449 e. The molecule has 0 bridgehead atoms. The van der Waals surface area contributed by atoms with E-state index < -0.39 is 0 Å². The van der Waals surface area contributed by atoms with Crippen LogP contribution in [-0.2, 0) is 9.53 Å². The van der Waals surface area contributed by atoms with E-state index in [0.717, 1.165) is 22.1 Å². The van der Waals surface area contributed by atoms with Crippen molar-refractivity contribution in [2.24, 2.45) is 0 Å². The zero-order chi connectivity index (χ0) is 14.5. The third kappa shape index (κ3) is 3.96. The molecule has 1 aromatic carbocycles. The van der Waals surface area contributed by atoms with Gasteiger partial charge in [0.05, 0.1) is 12.3 Å². The Hall–Kier alpha value is -1.56. The van der Waals surface area contributed by atoms with E-state index in [-0.39, 0.29) is 18.4 Å². The first-order chi connectivity index (χ1) is 9.56. The molecular weight excluding hydrogens is 324 g/mol. The van der Waals surface area contributed by atoms with Crippen LogP contribution in [-0.4, -0.2) is 36.6 Å². The van der Waals surface area contributed by atoms with Gasteiger partial charge in [0.15, 0.2) is 0 Å². The van der Waals surface area contributed by atoms with E-state index in [0.29, 0.717) is 19.7 Å². The minimum absolute atomic E-state index is 0.118. The molecule has 1 N–H and O–H groups in total. The van der Waals surface area contributed by atoms with Crippen molar-refractivity contribution in [1.82, 2.24) is 4.90 Å². The zero-order valence-corrected chi connectivity index (χ0v) is 12.9. The maximum atomic E-state index is 11.9. The van der Waals surface area contributed by atoms with E-state index in [1.165, 1.54) is 0 Å². The molecule has 0 spiro atoms. The highest BCUT2D eigenvalue weighted by molar-refractivity contribution is 9.10. The van der Waals surface area contributed by atoms with Crippen molar-refractivity contribution in [2.75, 3.05) is 25.0 Å². The fourth-order valence-corrected chi connectivity index (χ4v) is 2.56. The highest BCUT2D eigenvalue weighted by Gasteiger charge is 2.20. The lowest BCUT2D eigenvalue weighted by molar-refractivity contribution is -0.116. The number of carbonyl (C=O) groups is 2. The number of aryl methyl sites for hydroxylation is 1. The van der Waals surface area contributed by atoms with Gasteiger partial charge in [-0.1, -0.05) is 6.07 Å². The van der Waals surface area contributed by atoms with Crippen molar-refractivity contribution in [1.29, 1.82) is 0 Å². The number of cyclic esters (lactones) is 1. The van der Waals surface area contributed by atoms with Gasteiger partial charge in [0.1, 0.15) is 0 Å². The Bertz CT molecular complexity index is 519. The number of nitrogens with zero attached hydrogens (tertiary/aromatic N) is 1. The zero-order valence-electron chi connectivity index (χ0n) is 11.3. The molecule has 1 fully saturated rings. The third-order valence-electron chi connectivity index (χ3n) is 3.06. The quantitative estimate of drug-likeness (QED) is 0.916. The molecule has 2 rings (SSSR count). The highest BCUT2D eigenvalue weighted by Crippen LogP contribution is 2.23. The lowest BCUT2D eigenvalue weighted by atomic mass is 10.2. The lowest BCUT2D eigenvalue weighted by Crippen LogP contribution is -2.39. The molecule has 108 valence electrons. The van der Waals surface area contributed by atoms with Crippen molar-refractivity contribution in [3.63, 3.8) is 0 Å². The number of ether oxygens (including phenoxy) is 1. The fourth-order valence-electron chi connectivity index (χ4n) is 1.97. The number of rotatable bonds is 4. The predicted octanol–water partition coefficient (Wildman–Crippen LogP) is 2.93. The van der Waals surface area contributed by atoms with E-state index in [4.69, 9.17) is 4.74 Å². The van der Waals surface area contributed by atoms with Crippen LogP contribution >= 0.6 is 15.9 Å². The summed E-state index contributed by atoms with van der Waals surface area (Å²) in [5.74, 6) is -0.118. The molecule has 1 aliphatic heterocycles. The molecule has 0 radical (unpaired) electrons. The van der Waals surface area contributed by atoms with Crippen LogP contribution in [0, 0.1) is 6.92 Å². The molecular formula is C14H17BrN2O3. The van der Waals surface area contributed by atoms with Crippen LogP contribution in [0.2, 0.25) is 0 Å². The molecule has 0 aliphatic carbocycles. The standard InChI is InChI=1S/C14H17BrN2O3/c1-10-3-4-12(11(15)9-10)16-13(18)5-7-17-6-2-8-20-14(17)19/h3-4,9H,2,5-8H2,1H3,(H,16,18). The minimum atomic E-state index is -0.333. The summed E-state index contributed by atoms with van der Waals surface area (Å²) in [4.78, 5) is 24.9. The molecule has 5 nitrogen and oxygen atoms in total. The van der Waals surface area contributed by atoms with Crippen LogP contribution in [0.15, 0.2) is 22.7 Å². The first-order valence-electron chi connectivity index (χ1n) is 6.54. The van der Waals surface area contributed by atoms with Crippen LogP contribution in [0.25, 0.3) is 0 Å². The predicted molar refractivity (Wildman–Crippen MR) is 79.7 cm³/mol. The summed E-state index contributed by atoms with van der Waals surface area (Å²) in [7, 11) is 0. The Kier molecular flexibility index (Phi) is 5.00. The van der Waals surface area contributed by atoms with Gasteiger partial charge < -0.3 is 15.0 Å². The normalized spacial score (nSPS) is 14.9. The summed E-state index contributed by atoms with van der Waals surface area (Å²) in [5.41, 5.74) is 1.85. The highest BCUT2D eigenvalue weighted by atomic mass is 79.9. The van der Waals surface area contributed by atoms with Gasteiger partial charge in [-0.05, 0) is 47.0 Å². The second-order valence-corrected chi connectivity index (χ2v) is 5.59. The monoisotopic (exact) mass is 340 g/mol. The van der Waals surface area contributed by atoms with E-state index >= 15 is 0 Å². The smallest absolute Gasteiger partial charge is 0.409 e. The Morgan fingerprint density at radius 2 is 2.30 bits per heavy atom. The van der Waals surface area contributed by atoms with Gasteiger partial charge in [-0.2, -0.15) is 0 Å². The second-order valence-electron chi connectivity index (χ2n) is 4.74. The molecule has 1 heterocycles. The molecule has 20 heavy (non-hydrogen) atoms. The Morgan fingerprint density at radius 3 is 3.00 bits per heavy atom. The number of halogens is 1. The van der Waals surface area contributed by atoms with E-state index in [9.17, 15) is 9.59 Å². The van der Waals surface area contributed by atoms with Gasteiger partial charge in [0.2, 0.25) is 5.91 Å². The molecule has 0 aromatic heterocycles. The summed E-state index contributed by atoms with van der Waals surface area (Å²) >= 11 is 3.41. The number of carbonyl (C=O) groups excluding carboxylic acids is 2. The van der Waals surface area contributed by atoms with Crippen molar-refractivity contribution in [3.05, 3.63) is 28.2 Å². The number of anilines is 1. The molecule has 1 saturated heterocycles. The molecule has 0 unspecified atom stereocenters. The van der Waals surface area contributed by atoms with Crippen LogP contribution in [0.4, 0.5) is 10.5 Å². The molecule has 1 aromatic rings. The van der Waals surface area contributed by atoms with Crippen molar-refractivity contribution >= 4 is 33.6 Å². The maximum Gasteiger partial charge on any atom is 0.409 e. The number of amides is 2.